The zero-order valence-electron chi connectivity index (χ0n) is 12.3. The van der Waals surface area contributed by atoms with E-state index in [9.17, 15) is 4.79 Å². The maximum absolute atomic E-state index is 11.7. The van der Waals surface area contributed by atoms with Crippen molar-refractivity contribution >= 4 is 28.8 Å². The van der Waals surface area contributed by atoms with Gasteiger partial charge in [-0.2, -0.15) is 4.68 Å². The number of thiocarbonyl (C=S) groups is 1. The van der Waals surface area contributed by atoms with E-state index in [0.717, 1.165) is 5.69 Å². The molecule has 1 aliphatic carbocycles. The summed E-state index contributed by atoms with van der Waals surface area (Å²) in [7, 11) is 0. The molecule has 1 heterocycles. The maximum Gasteiger partial charge on any atom is 0.275 e. The number of hydrogen-bond donors (Lipinski definition) is 3. The Morgan fingerprint density at radius 2 is 1.91 bits per heavy atom. The standard InChI is InChI=1S/C16H20N4OS/c17-14-10-15(21)20(19-14)16(22)18-13-8-6-12(7-9-13)11-4-2-1-3-5-11/h6-11,19H,1-5,17H2,(H,18,22). The number of H-pyrrole nitrogens is 1. The first kappa shape index (κ1) is 14.8. The second kappa shape index (κ2) is 6.36. The van der Waals surface area contributed by atoms with E-state index in [4.69, 9.17) is 18.0 Å². The van der Waals surface area contributed by atoms with E-state index in [1.165, 1.54) is 48.4 Å². The van der Waals surface area contributed by atoms with Gasteiger partial charge >= 0.3 is 0 Å². The van der Waals surface area contributed by atoms with Gasteiger partial charge in [0, 0.05) is 11.8 Å². The Labute approximate surface area is 134 Å². The number of nitrogens with zero attached hydrogens (tertiary/aromatic N) is 1. The van der Waals surface area contributed by atoms with Gasteiger partial charge in [-0.1, -0.05) is 31.4 Å². The van der Waals surface area contributed by atoms with E-state index >= 15 is 0 Å². The second-order valence-electron chi connectivity index (χ2n) is 5.77. The molecule has 5 nitrogen and oxygen atoms in total. The molecule has 1 aliphatic rings. The number of nitrogen functional groups attached to an aromatic ring is 1. The number of aromatic amines is 1. The second-order valence-corrected chi connectivity index (χ2v) is 6.16. The molecule has 1 aromatic carbocycles. The smallest absolute Gasteiger partial charge is 0.275 e. The van der Waals surface area contributed by atoms with Gasteiger partial charge in [0.05, 0.1) is 0 Å². The number of rotatable bonds is 2. The highest BCUT2D eigenvalue weighted by Gasteiger charge is 2.15. The average Bonchev–Trinajstić information content (AvgIpc) is 2.88. The van der Waals surface area contributed by atoms with Crippen LogP contribution < -0.4 is 16.6 Å². The van der Waals surface area contributed by atoms with Crippen LogP contribution >= 0.6 is 12.2 Å². The molecule has 1 fully saturated rings. The van der Waals surface area contributed by atoms with Gasteiger partial charge in [-0.05, 0) is 48.7 Å². The number of hydrogen-bond acceptors (Lipinski definition) is 3. The zero-order valence-corrected chi connectivity index (χ0v) is 13.2. The molecule has 1 saturated carbocycles. The van der Waals surface area contributed by atoms with E-state index in [-0.39, 0.29) is 10.7 Å². The number of benzene rings is 1. The molecule has 0 unspecified atom stereocenters. The largest absolute Gasteiger partial charge is 0.384 e. The minimum atomic E-state index is -0.270. The molecule has 0 spiro atoms. The number of nitrogens with one attached hydrogen (secondary N) is 2. The summed E-state index contributed by atoms with van der Waals surface area (Å²) in [4.78, 5) is 11.7. The van der Waals surface area contributed by atoms with Crippen molar-refractivity contribution < 1.29 is 0 Å². The first-order valence-corrected chi connectivity index (χ1v) is 8.03. The Hall–Kier alpha value is -2.08. The van der Waals surface area contributed by atoms with Crippen LogP contribution in [-0.2, 0) is 0 Å². The van der Waals surface area contributed by atoms with Crippen LogP contribution in [-0.4, -0.2) is 14.9 Å². The van der Waals surface area contributed by atoms with Crippen molar-refractivity contribution in [3.63, 3.8) is 0 Å². The Balaban J connectivity index is 1.69. The van der Waals surface area contributed by atoms with Crippen LogP contribution in [0.2, 0.25) is 0 Å². The highest BCUT2D eigenvalue weighted by molar-refractivity contribution is 7.80. The summed E-state index contributed by atoms with van der Waals surface area (Å²) in [5.41, 5.74) is 7.53. The SMILES string of the molecule is Nc1cc(=O)n(C(=S)Nc2ccc(C3CCCCC3)cc2)[nH]1. The molecule has 0 radical (unpaired) electrons. The van der Waals surface area contributed by atoms with Crippen molar-refractivity contribution in [3.8, 4) is 0 Å². The molecular formula is C16H20N4OS. The first-order chi connectivity index (χ1) is 10.6. The van der Waals surface area contributed by atoms with E-state index < -0.39 is 0 Å². The Morgan fingerprint density at radius 1 is 1.23 bits per heavy atom. The van der Waals surface area contributed by atoms with Crippen LogP contribution in [0.5, 0.6) is 0 Å². The molecule has 0 saturated heterocycles. The van der Waals surface area contributed by atoms with Crippen LogP contribution in [0, 0.1) is 0 Å². The lowest BCUT2D eigenvalue weighted by Crippen LogP contribution is -2.29. The maximum atomic E-state index is 11.7. The van der Waals surface area contributed by atoms with Crippen LogP contribution in [0.15, 0.2) is 35.1 Å². The third kappa shape index (κ3) is 3.22. The molecule has 22 heavy (non-hydrogen) atoms. The lowest BCUT2D eigenvalue weighted by molar-refractivity contribution is 0.443. The summed E-state index contributed by atoms with van der Waals surface area (Å²) in [6.45, 7) is 0. The molecule has 0 aliphatic heterocycles. The topological polar surface area (TPSA) is 75.8 Å². The summed E-state index contributed by atoms with van der Waals surface area (Å²) < 4.78 is 1.22. The van der Waals surface area contributed by atoms with Crippen molar-refractivity contribution in [1.29, 1.82) is 0 Å². The number of anilines is 2. The molecule has 0 bridgehead atoms. The molecule has 4 N–H and O–H groups in total. The quantitative estimate of drug-likeness (QED) is 0.744. The van der Waals surface area contributed by atoms with Gasteiger partial charge in [0.1, 0.15) is 5.82 Å². The van der Waals surface area contributed by atoms with Gasteiger partial charge in [-0.15, -0.1) is 0 Å². The van der Waals surface area contributed by atoms with Crippen LogP contribution in [0.1, 0.15) is 43.6 Å². The van der Waals surface area contributed by atoms with Crippen molar-refractivity contribution in [2.45, 2.75) is 38.0 Å². The first-order valence-electron chi connectivity index (χ1n) is 7.62. The van der Waals surface area contributed by atoms with Gasteiger partial charge in [0.15, 0.2) is 5.11 Å². The van der Waals surface area contributed by atoms with Crippen molar-refractivity contribution in [2.75, 3.05) is 11.1 Å². The van der Waals surface area contributed by atoms with E-state index in [2.05, 4.69) is 22.5 Å². The van der Waals surface area contributed by atoms with Crippen molar-refractivity contribution in [1.82, 2.24) is 9.78 Å². The molecule has 3 rings (SSSR count). The van der Waals surface area contributed by atoms with E-state index in [0.29, 0.717) is 11.7 Å². The molecule has 1 aromatic heterocycles. The van der Waals surface area contributed by atoms with E-state index in [1.807, 2.05) is 12.1 Å². The molecule has 0 amide bonds. The molecular weight excluding hydrogens is 296 g/mol. The minimum Gasteiger partial charge on any atom is -0.384 e. The summed E-state index contributed by atoms with van der Waals surface area (Å²) in [5, 5.41) is 6.04. The van der Waals surface area contributed by atoms with Crippen LogP contribution in [0.4, 0.5) is 11.5 Å². The molecule has 2 aromatic rings. The van der Waals surface area contributed by atoms with Crippen molar-refractivity contribution in [3.05, 3.63) is 46.2 Å². The minimum absolute atomic E-state index is 0.270. The van der Waals surface area contributed by atoms with Crippen molar-refractivity contribution in [2.24, 2.45) is 0 Å². The fraction of sp³-hybridized carbons (Fsp3) is 0.375. The van der Waals surface area contributed by atoms with E-state index in [1.54, 1.807) is 0 Å². The van der Waals surface area contributed by atoms with Gasteiger partial charge in [0.2, 0.25) is 0 Å². The predicted octanol–water partition coefficient (Wildman–Crippen LogP) is 3.05. The summed E-state index contributed by atoms with van der Waals surface area (Å²) in [6.07, 6.45) is 6.57. The number of aromatic nitrogens is 2. The summed E-state index contributed by atoms with van der Waals surface area (Å²) >= 11 is 5.23. The predicted molar refractivity (Wildman–Crippen MR) is 93.4 cm³/mol. The molecule has 0 atom stereocenters. The summed E-state index contributed by atoms with van der Waals surface area (Å²) in [6, 6.07) is 9.61. The third-order valence-electron chi connectivity index (χ3n) is 4.18. The van der Waals surface area contributed by atoms with Gasteiger partial charge in [0.25, 0.3) is 5.56 Å². The molecule has 6 heteroatoms. The Morgan fingerprint density at radius 3 is 2.50 bits per heavy atom. The lowest BCUT2D eigenvalue weighted by Gasteiger charge is -2.22. The van der Waals surface area contributed by atoms with Gasteiger partial charge in [-0.25, -0.2) is 0 Å². The average molecular weight is 316 g/mol. The monoisotopic (exact) mass is 316 g/mol. The fourth-order valence-electron chi connectivity index (χ4n) is 3.02. The van der Waals surface area contributed by atoms with Gasteiger partial charge < -0.3 is 11.1 Å². The third-order valence-corrected chi connectivity index (χ3v) is 4.47. The zero-order chi connectivity index (χ0) is 15.5. The highest BCUT2D eigenvalue weighted by atomic mass is 32.1. The Bertz CT molecular complexity index is 710. The highest BCUT2D eigenvalue weighted by Crippen LogP contribution is 2.32. The lowest BCUT2D eigenvalue weighted by atomic mass is 9.84. The normalized spacial score (nSPS) is 15.6. The summed E-state index contributed by atoms with van der Waals surface area (Å²) in [5.74, 6) is 0.974. The van der Waals surface area contributed by atoms with Crippen LogP contribution in [0.25, 0.3) is 0 Å². The molecule has 116 valence electrons. The Kier molecular flexibility index (Phi) is 4.29. The fourth-order valence-corrected chi connectivity index (χ4v) is 3.27. The number of nitrogens with two attached hydrogens (primary N) is 1. The van der Waals surface area contributed by atoms with Gasteiger partial charge in [-0.3, -0.25) is 9.89 Å². The van der Waals surface area contributed by atoms with Crippen LogP contribution in [0.3, 0.4) is 0 Å².